The lowest BCUT2D eigenvalue weighted by Gasteiger charge is -2.11. The smallest absolute Gasteiger partial charge is 0.262 e. The second kappa shape index (κ2) is 7.09. The molecule has 0 heterocycles. The van der Waals surface area contributed by atoms with Crippen LogP contribution in [0.4, 0.5) is 10.1 Å². The topological polar surface area (TPSA) is 71.3 Å². The lowest BCUT2D eigenvalue weighted by Crippen LogP contribution is -2.20. The van der Waals surface area contributed by atoms with Crippen LogP contribution >= 0.6 is 0 Å². The number of carbonyl (C=O) groups is 1. The Hall–Kier alpha value is -3.07. The predicted octanol–water partition coefficient (Wildman–Crippen LogP) is 2.72. The summed E-state index contributed by atoms with van der Waals surface area (Å²) < 4.78 is 23.8. The van der Waals surface area contributed by atoms with Crippen LogP contribution in [0.25, 0.3) is 0 Å². The van der Waals surface area contributed by atoms with E-state index in [0.29, 0.717) is 17.1 Å². The third kappa shape index (κ3) is 3.73. The maximum absolute atomic E-state index is 13.4. The fourth-order valence-corrected chi connectivity index (χ4v) is 1.75. The summed E-state index contributed by atoms with van der Waals surface area (Å²) in [6.07, 6.45) is 0. The number of hydrogen-bond donors (Lipinski definition) is 1. The first-order valence-corrected chi connectivity index (χ1v) is 6.39. The summed E-state index contributed by atoms with van der Waals surface area (Å²) in [7, 11) is 1.43. The fraction of sp³-hybridized carbons (Fsp3) is 0.125. The van der Waals surface area contributed by atoms with E-state index in [9.17, 15) is 9.18 Å². The van der Waals surface area contributed by atoms with E-state index >= 15 is 0 Å². The van der Waals surface area contributed by atoms with Crippen LogP contribution in [-0.2, 0) is 4.79 Å². The summed E-state index contributed by atoms with van der Waals surface area (Å²) >= 11 is 0. The highest BCUT2D eigenvalue weighted by atomic mass is 19.1. The Labute approximate surface area is 126 Å². The van der Waals surface area contributed by atoms with Crippen molar-refractivity contribution in [2.24, 2.45) is 0 Å². The number of anilines is 1. The number of nitrogens with one attached hydrogen (secondary N) is 1. The van der Waals surface area contributed by atoms with Crippen molar-refractivity contribution in [2.45, 2.75) is 0 Å². The predicted molar refractivity (Wildman–Crippen MR) is 78.2 cm³/mol. The Morgan fingerprint density at radius 3 is 2.73 bits per heavy atom. The number of nitrogens with zero attached hydrogens (tertiary/aromatic N) is 1. The first-order valence-electron chi connectivity index (χ1n) is 6.39. The summed E-state index contributed by atoms with van der Waals surface area (Å²) in [4.78, 5) is 11.8. The molecular weight excluding hydrogens is 287 g/mol. The maximum atomic E-state index is 13.4. The van der Waals surface area contributed by atoms with E-state index in [1.54, 1.807) is 12.1 Å². The van der Waals surface area contributed by atoms with Crippen LogP contribution in [0.5, 0.6) is 11.5 Å². The molecule has 0 aliphatic carbocycles. The van der Waals surface area contributed by atoms with Gasteiger partial charge in [0.05, 0.1) is 24.4 Å². The average molecular weight is 300 g/mol. The first-order chi connectivity index (χ1) is 10.6. The van der Waals surface area contributed by atoms with Crippen molar-refractivity contribution in [2.75, 3.05) is 19.0 Å². The summed E-state index contributed by atoms with van der Waals surface area (Å²) in [5.41, 5.74) is 0.503. The van der Waals surface area contributed by atoms with E-state index in [1.807, 2.05) is 6.07 Å². The van der Waals surface area contributed by atoms with Crippen molar-refractivity contribution < 1.29 is 18.7 Å². The van der Waals surface area contributed by atoms with Crippen LogP contribution in [0.15, 0.2) is 42.5 Å². The number of amides is 1. The number of hydrogen-bond acceptors (Lipinski definition) is 4. The number of halogens is 1. The van der Waals surface area contributed by atoms with Crippen LogP contribution < -0.4 is 14.8 Å². The molecule has 2 aromatic carbocycles. The molecule has 1 N–H and O–H groups in total. The minimum Gasteiger partial charge on any atom is -0.493 e. The second-order valence-corrected chi connectivity index (χ2v) is 4.29. The highest BCUT2D eigenvalue weighted by molar-refractivity contribution is 5.92. The Bertz CT molecular complexity index is 726. The Morgan fingerprint density at radius 1 is 1.27 bits per heavy atom. The molecule has 0 aliphatic heterocycles. The van der Waals surface area contributed by atoms with Gasteiger partial charge in [-0.1, -0.05) is 12.1 Å². The monoisotopic (exact) mass is 300 g/mol. The molecular formula is C16H13FN2O3. The Morgan fingerprint density at radius 2 is 2.05 bits per heavy atom. The van der Waals surface area contributed by atoms with Gasteiger partial charge in [0.1, 0.15) is 5.82 Å². The Kier molecular flexibility index (Phi) is 4.94. The molecule has 0 unspecified atom stereocenters. The van der Waals surface area contributed by atoms with Crippen LogP contribution in [0.3, 0.4) is 0 Å². The molecule has 0 fully saturated rings. The van der Waals surface area contributed by atoms with Crippen molar-refractivity contribution >= 4 is 11.6 Å². The molecule has 112 valence electrons. The molecule has 2 aromatic rings. The number of methoxy groups -OCH3 is 1. The third-order valence-electron chi connectivity index (χ3n) is 2.80. The van der Waals surface area contributed by atoms with Crippen molar-refractivity contribution in [3.8, 4) is 17.6 Å². The molecule has 22 heavy (non-hydrogen) atoms. The zero-order valence-electron chi connectivity index (χ0n) is 11.8. The van der Waals surface area contributed by atoms with E-state index in [0.717, 1.165) is 0 Å². The standard InChI is InChI=1S/C16H13FN2O3/c1-21-15-8-11(9-18)6-7-14(15)22-10-16(20)19-13-5-3-2-4-12(13)17/h2-8H,10H2,1H3,(H,19,20). The van der Waals surface area contributed by atoms with Gasteiger partial charge in [-0.25, -0.2) is 4.39 Å². The van der Waals surface area contributed by atoms with E-state index in [1.165, 1.54) is 37.4 Å². The zero-order chi connectivity index (χ0) is 15.9. The quantitative estimate of drug-likeness (QED) is 0.921. The van der Waals surface area contributed by atoms with Gasteiger partial charge in [0.25, 0.3) is 5.91 Å². The van der Waals surface area contributed by atoms with Crippen molar-refractivity contribution in [3.63, 3.8) is 0 Å². The van der Waals surface area contributed by atoms with Gasteiger partial charge >= 0.3 is 0 Å². The van der Waals surface area contributed by atoms with Gasteiger partial charge in [-0.2, -0.15) is 5.26 Å². The molecule has 0 saturated carbocycles. The SMILES string of the molecule is COc1cc(C#N)ccc1OCC(=O)Nc1ccccc1F. The van der Waals surface area contributed by atoms with Crippen molar-refractivity contribution in [1.82, 2.24) is 0 Å². The van der Waals surface area contributed by atoms with Gasteiger partial charge in [-0.05, 0) is 24.3 Å². The lowest BCUT2D eigenvalue weighted by atomic mass is 10.2. The molecule has 6 heteroatoms. The minimum atomic E-state index is -0.521. The average Bonchev–Trinajstić information content (AvgIpc) is 2.55. The zero-order valence-corrected chi connectivity index (χ0v) is 11.8. The van der Waals surface area contributed by atoms with E-state index in [2.05, 4.69) is 5.32 Å². The van der Waals surface area contributed by atoms with Gasteiger partial charge in [-0.15, -0.1) is 0 Å². The van der Waals surface area contributed by atoms with Gasteiger partial charge < -0.3 is 14.8 Å². The highest BCUT2D eigenvalue weighted by Gasteiger charge is 2.10. The first kappa shape index (κ1) is 15.3. The summed E-state index contributed by atoms with van der Waals surface area (Å²) in [5, 5.41) is 11.2. The number of para-hydroxylation sites is 1. The maximum Gasteiger partial charge on any atom is 0.262 e. The summed E-state index contributed by atoms with van der Waals surface area (Å²) in [6, 6.07) is 12.4. The molecule has 0 bridgehead atoms. The number of benzene rings is 2. The van der Waals surface area contributed by atoms with Gasteiger partial charge in [-0.3, -0.25) is 4.79 Å². The molecule has 0 atom stereocenters. The molecule has 0 saturated heterocycles. The van der Waals surface area contributed by atoms with Crippen LogP contribution in [0, 0.1) is 17.1 Å². The molecule has 0 radical (unpaired) electrons. The third-order valence-corrected chi connectivity index (χ3v) is 2.80. The van der Waals surface area contributed by atoms with Crippen molar-refractivity contribution in [3.05, 3.63) is 53.8 Å². The molecule has 2 rings (SSSR count). The van der Waals surface area contributed by atoms with Crippen molar-refractivity contribution in [1.29, 1.82) is 5.26 Å². The number of ether oxygens (including phenoxy) is 2. The molecule has 5 nitrogen and oxygen atoms in total. The van der Waals surface area contributed by atoms with Gasteiger partial charge in [0.15, 0.2) is 18.1 Å². The van der Waals surface area contributed by atoms with Gasteiger partial charge in [0.2, 0.25) is 0 Å². The molecule has 1 amide bonds. The summed E-state index contributed by atoms with van der Waals surface area (Å²) in [6.45, 7) is -0.309. The highest BCUT2D eigenvalue weighted by Crippen LogP contribution is 2.27. The van der Waals surface area contributed by atoms with Crippen LogP contribution in [0.1, 0.15) is 5.56 Å². The molecule has 0 spiro atoms. The number of rotatable bonds is 5. The molecule has 0 aromatic heterocycles. The lowest BCUT2D eigenvalue weighted by molar-refractivity contribution is -0.118. The Balaban J connectivity index is 2.00. The number of nitriles is 1. The summed E-state index contributed by atoms with van der Waals surface area (Å²) in [5.74, 6) is -0.355. The normalized spacial score (nSPS) is 9.68. The molecule has 0 aliphatic rings. The number of carbonyl (C=O) groups excluding carboxylic acids is 1. The van der Waals surface area contributed by atoms with E-state index in [4.69, 9.17) is 14.7 Å². The second-order valence-electron chi connectivity index (χ2n) is 4.29. The largest absolute Gasteiger partial charge is 0.493 e. The minimum absolute atomic E-state index is 0.0860. The van der Waals surface area contributed by atoms with E-state index in [-0.39, 0.29) is 12.3 Å². The van der Waals surface area contributed by atoms with Gasteiger partial charge in [0, 0.05) is 6.07 Å². The van der Waals surface area contributed by atoms with Crippen LogP contribution in [0.2, 0.25) is 0 Å². The van der Waals surface area contributed by atoms with Crippen LogP contribution in [-0.4, -0.2) is 19.6 Å². The van der Waals surface area contributed by atoms with E-state index < -0.39 is 11.7 Å². The fourth-order valence-electron chi connectivity index (χ4n) is 1.75.